The van der Waals surface area contributed by atoms with E-state index in [2.05, 4.69) is 27.1 Å². The lowest BCUT2D eigenvalue weighted by molar-refractivity contribution is -0.115. The summed E-state index contributed by atoms with van der Waals surface area (Å²) in [5.74, 6) is -0.240. The van der Waals surface area contributed by atoms with Gasteiger partial charge in [-0.1, -0.05) is 59.5 Å². The molecule has 0 fully saturated rings. The SMILES string of the molecule is C=CCn1c(CS(=O)(=O)c2ccccc2)nnc1SC(C)C(=O)Nc1nc2ccccc2s1. The molecule has 0 aliphatic heterocycles. The molecule has 4 aromatic rings. The van der Waals surface area contributed by atoms with Crippen LogP contribution in [0.3, 0.4) is 0 Å². The van der Waals surface area contributed by atoms with Crippen LogP contribution in [0.25, 0.3) is 10.2 Å². The highest BCUT2D eigenvalue weighted by Gasteiger charge is 2.24. The van der Waals surface area contributed by atoms with E-state index in [-0.39, 0.29) is 16.6 Å². The predicted molar refractivity (Wildman–Crippen MR) is 131 cm³/mol. The Morgan fingerprint density at radius 3 is 2.64 bits per heavy atom. The first-order valence-corrected chi connectivity index (χ1v) is 13.4. The lowest BCUT2D eigenvalue weighted by atomic mass is 10.3. The first-order chi connectivity index (χ1) is 15.9. The van der Waals surface area contributed by atoms with E-state index >= 15 is 0 Å². The number of para-hydroxylation sites is 1. The van der Waals surface area contributed by atoms with Crippen LogP contribution in [0.2, 0.25) is 0 Å². The average Bonchev–Trinajstić information content (AvgIpc) is 3.38. The minimum Gasteiger partial charge on any atom is -0.301 e. The van der Waals surface area contributed by atoms with E-state index in [0.29, 0.717) is 22.7 Å². The minimum absolute atomic E-state index is 0.218. The Morgan fingerprint density at radius 1 is 1.18 bits per heavy atom. The van der Waals surface area contributed by atoms with Crippen LogP contribution in [0, 0.1) is 0 Å². The summed E-state index contributed by atoms with van der Waals surface area (Å²) in [6.07, 6.45) is 1.64. The number of carbonyl (C=O) groups excluding carboxylic acids is 1. The van der Waals surface area contributed by atoms with E-state index in [9.17, 15) is 13.2 Å². The molecule has 2 heterocycles. The lowest BCUT2D eigenvalue weighted by Gasteiger charge is -2.12. The van der Waals surface area contributed by atoms with Crippen LogP contribution in [0.4, 0.5) is 5.13 Å². The van der Waals surface area contributed by atoms with Gasteiger partial charge >= 0.3 is 0 Å². The highest BCUT2D eigenvalue weighted by Crippen LogP contribution is 2.28. The van der Waals surface area contributed by atoms with Gasteiger partial charge in [0.15, 0.2) is 20.1 Å². The number of allylic oxidation sites excluding steroid dienone is 1. The zero-order valence-corrected chi connectivity index (χ0v) is 20.2. The molecule has 1 atom stereocenters. The Hall–Kier alpha value is -3.02. The van der Waals surface area contributed by atoms with Crippen molar-refractivity contribution in [1.82, 2.24) is 19.7 Å². The van der Waals surface area contributed by atoms with Gasteiger partial charge in [-0.25, -0.2) is 13.4 Å². The number of hydrogen-bond donors (Lipinski definition) is 1. The number of hydrogen-bond acceptors (Lipinski definition) is 8. The number of nitrogens with one attached hydrogen (secondary N) is 1. The quantitative estimate of drug-likeness (QED) is 0.272. The maximum Gasteiger partial charge on any atom is 0.239 e. The van der Waals surface area contributed by atoms with Crippen LogP contribution in [0.1, 0.15) is 12.7 Å². The first-order valence-electron chi connectivity index (χ1n) is 10.0. The maximum absolute atomic E-state index is 12.8. The van der Waals surface area contributed by atoms with Gasteiger partial charge < -0.3 is 9.88 Å². The number of carbonyl (C=O) groups is 1. The smallest absolute Gasteiger partial charge is 0.239 e. The molecule has 2 aromatic heterocycles. The van der Waals surface area contributed by atoms with Gasteiger partial charge in [0.25, 0.3) is 0 Å². The number of nitrogens with zero attached hydrogens (tertiary/aromatic N) is 4. The van der Waals surface area contributed by atoms with Crippen LogP contribution in [0.15, 0.2) is 77.3 Å². The van der Waals surface area contributed by atoms with Gasteiger partial charge in [-0.15, -0.1) is 16.8 Å². The molecule has 2 aromatic carbocycles. The number of sulfone groups is 1. The molecular formula is C22H21N5O3S3. The van der Waals surface area contributed by atoms with E-state index < -0.39 is 15.1 Å². The zero-order chi connectivity index (χ0) is 23.4. The summed E-state index contributed by atoms with van der Waals surface area (Å²) < 4.78 is 28.2. The summed E-state index contributed by atoms with van der Waals surface area (Å²) in [4.78, 5) is 17.4. The molecule has 0 aliphatic rings. The fraction of sp³-hybridized carbons (Fsp3) is 0.182. The minimum atomic E-state index is -3.59. The van der Waals surface area contributed by atoms with Crippen molar-refractivity contribution in [2.45, 2.75) is 34.5 Å². The van der Waals surface area contributed by atoms with Crippen molar-refractivity contribution in [3.8, 4) is 0 Å². The Labute approximate surface area is 199 Å². The lowest BCUT2D eigenvalue weighted by Crippen LogP contribution is -2.23. The highest BCUT2D eigenvalue weighted by atomic mass is 32.2. The van der Waals surface area contributed by atoms with Crippen molar-refractivity contribution in [3.63, 3.8) is 0 Å². The van der Waals surface area contributed by atoms with Crippen molar-refractivity contribution < 1.29 is 13.2 Å². The van der Waals surface area contributed by atoms with Gasteiger partial charge in [0.05, 0.1) is 20.4 Å². The molecule has 11 heteroatoms. The number of thioether (sulfide) groups is 1. The Kier molecular flexibility index (Phi) is 6.91. The van der Waals surface area contributed by atoms with Gasteiger partial charge in [0.1, 0.15) is 11.6 Å². The molecule has 4 rings (SSSR count). The van der Waals surface area contributed by atoms with Crippen molar-refractivity contribution in [3.05, 3.63) is 73.1 Å². The summed E-state index contributed by atoms with van der Waals surface area (Å²) >= 11 is 2.60. The molecule has 0 bridgehead atoms. The van der Waals surface area contributed by atoms with Gasteiger partial charge in [-0.3, -0.25) is 4.79 Å². The number of benzene rings is 2. The average molecular weight is 500 g/mol. The molecule has 1 amide bonds. The van der Waals surface area contributed by atoms with E-state index in [0.717, 1.165) is 10.2 Å². The monoisotopic (exact) mass is 499 g/mol. The Bertz CT molecular complexity index is 1360. The summed E-state index contributed by atoms with van der Waals surface area (Å²) in [6.45, 7) is 5.81. The molecule has 0 saturated heterocycles. The van der Waals surface area contributed by atoms with E-state index in [1.807, 2.05) is 24.3 Å². The van der Waals surface area contributed by atoms with E-state index in [1.165, 1.54) is 23.1 Å². The van der Waals surface area contributed by atoms with Gasteiger partial charge in [-0.2, -0.15) is 0 Å². The van der Waals surface area contributed by atoms with Crippen molar-refractivity contribution >= 4 is 54.2 Å². The van der Waals surface area contributed by atoms with Crippen LogP contribution in [-0.4, -0.2) is 39.3 Å². The molecule has 170 valence electrons. The number of anilines is 1. The summed E-state index contributed by atoms with van der Waals surface area (Å²) in [5, 5.41) is 11.5. The van der Waals surface area contributed by atoms with Crippen molar-refractivity contribution in [2.24, 2.45) is 0 Å². The zero-order valence-electron chi connectivity index (χ0n) is 17.7. The molecule has 0 radical (unpaired) electrons. The molecular weight excluding hydrogens is 478 g/mol. The standard InChI is InChI=1S/C22H21N5O3S3/c1-3-13-27-19(14-33(29,30)16-9-5-4-6-10-16)25-26-22(27)31-15(2)20(28)24-21-23-17-11-7-8-12-18(17)32-21/h3-12,15H,1,13-14H2,2H3,(H,23,24,28). The topological polar surface area (TPSA) is 107 Å². The third-order valence-electron chi connectivity index (χ3n) is 4.70. The third-order valence-corrected chi connectivity index (χ3v) is 8.36. The second kappa shape index (κ2) is 9.86. The van der Waals surface area contributed by atoms with Crippen LogP contribution in [0.5, 0.6) is 0 Å². The largest absolute Gasteiger partial charge is 0.301 e. The number of rotatable bonds is 9. The Morgan fingerprint density at radius 2 is 1.91 bits per heavy atom. The van der Waals surface area contributed by atoms with Crippen LogP contribution < -0.4 is 5.32 Å². The first kappa shape index (κ1) is 23.1. The van der Waals surface area contributed by atoms with Crippen molar-refractivity contribution in [2.75, 3.05) is 5.32 Å². The second-order valence-corrected chi connectivity index (χ2v) is 11.4. The summed E-state index contributed by atoms with van der Waals surface area (Å²) in [5.41, 5.74) is 0.827. The van der Waals surface area contributed by atoms with Crippen LogP contribution in [-0.2, 0) is 26.9 Å². The van der Waals surface area contributed by atoms with Gasteiger partial charge in [0, 0.05) is 6.54 Å². The number of thiazole rings is 1. The Balaban J connectivity index is 1.49. The molecule has 1 N–H and O–H groups in total. The molecule has 0 aliphatic carbocycles. The molecule has 8 nitrogen and oxygen atoms in total. The summed E-state index contributed by atoms with van der Waals surface area (Å²) in [7, 11) is -3.59. The predicted octanol–water partition coefficient (Wildman–Crippen LogP) is 4.17. The molecule has 1 unspecified atom stereocenters. The highest BCUT2D eigenvalue weighted by molar-refractivity contribution is 8.00. The van der Waals surface area contributed by atoms with Gasteiger partial charge in [-0.05, 0) is 31.2 Å². The summed E-state index contributed by atoms with van der Waals surface area (Å²) in [6, 6.07) is 15.9. The second-order valence-electron chi connectivity index (χ2n) is 7.11. The third kappa shape index (κ3) is 5.32. The number of fused-ring (bicyclic) bond motifs is 1. The van der Waals surface area contributed by atoms with Gasteiger partial charge in [0.2, 0.25) is 5.91 Å². The fourth-order valence-electron chi connectivity index (χ4n) is 3.05. The number of aromatic nitrogens is 4. The van der Waals surface area contributed by atoms with E-state index in [4.69, 9.17) is 0 Å². The molecule has 0 spiro atoms. The number of amides is 1. The maximum atomic E-state index is 12.8. The fourth-order valence-corrected chi connectivity index (χ4v) is 6.09. The molecule has 33 heavy (non-hydrogen) atoms. The van der Waals surface area contributed by atoms with Crippen molar-refractivity contribution in [1.29, 1.82) is 0 Å². The molecule has 0 saturated carbocycles. The van der Waals surface area contributed by atoms with E-state index in [1.54, 1.807) is 47.9 Å². The normalized spacial score (nSPS) is 12.5. The van der Waals surface area contributed by atoms with Crippen LogP contribution >= 0.6 is 23.1 Å².